The monoisotopic (exact) mass is 508 g/mol. The van der Waals surface area contributed by atoms with E-state index in [0.717, 1.165) is 5.75 Å². The number of amides is 2. The normalized spacial score (nSPS) is 11.7. The number of nitrogens with one attached hydrogen (secondary N) is 1. The molecule has 186 valence electrons. The van der Waals surface area contributed by atoms with Crippen molar-refractivity contribution < 1.29 is 19.1 Å². The molecule has 0 aliphatic carbocycles. The molecule has 6 nitrogen and oxygen atoms in total. The van der Waals surface area contributed by atoms with Crippen molar-refractivity contribution in [3.63, 3.8) is 0 Å². The smallest absolute Gasteiger partial charge is 0.242 e. The van der Waals surface area contributed by atoms with Crippen LogP contribution >= 0.6 is 23.2 Å². The van der Waals surface area contributed by atoms with Gasteiger partial charge in [0.25, 0.3) is 0 Å². The fourth-order valence-electron chi connectivity index (χ4n) is 3.42. The molecule has 0 fully saturated rings. The van der Waals surface area contributed by atoms with Gasteiger partial charge in [0.1, 0.15) is 17.5 Å². The summed E-state index contributed by atoms with van der Waals surface area (Å²) in [6, 6.07) is 11.9. The van der Waals surface area contributed by atoms with E-state index in [1.165, 1.54) is 0 Å². The molecule has 2 aromatic rings. The fraction of sp³-hybridized carbons (Fsp3) is 0.462. The molecule has 0 radical (unpaired) electrons. The number of hydrogen-bond acceptors (Lipinski definition) is 4. The van der Waals surface area contributed by atoms with Crippen molar-refractivity contribution in [1.29, 1.82) is 0 Å². The molecule has 1 atom stereocenters. The Morgan fingerprint density at radius 3 is 2.21 bits per heavy atom. The molecule has 0 spiro atoms. The number of ether oxygens (including phenoxy) is 2. The lowest BCUT2D eigenvalue weighted by molar-refractivity contribution is -0.141. The molecule has 2 rings (SSSR count). The van der Waals surface area contributed by atoms with Gasteiger partial charge in [-0.25, -0.2) is 0 Å². The van der Waals surface area contributed by atoms with Crippen LogP contribution in [-0.2, 0) is 16.1 Å². The van der Waals surface area contributed by atoms with Crippen LogP contribution in [0.25, 0.3) is 0 Å². The molecule has 34 heavy (non-hydrogen) atoms. The van der Waals surface area contributed by atoms with E-state index in [1.807, 2.05) is 45.0 Å². The van der Waals surface area contributed by atoms with Gasteiger partial charge in [-0.2, -0.15) is 0 Å². The molecule has 0 heterocycles. The summed E-state index contributed by atoms with van der Waals surface area (Å²) in [5.74, 6) is 1.42. The van der Waals surface area contributed by atoms with Crippen LogP contribution in [0.4, 0.5) is 0 Å². The number of rotatable bonds is 13. The molecule has 0 saturated carbocycles. The van der Waals surface area contributed by atoms with E-state index < -0.39 is 6.04 Å². The largest absolute Gasteiger partial charge is 0.497 e. The van der Waals surface area contributed by atoms with Crippen LogP contribution in [0.5, 0.6) is 11.5 Å². The summed E-state index contributed by atoms with van der Waals surface area (Å²) in [5.41, 5.74) is 0.628. The first kappa shape index (κ1) is 27.8. The number of methoxy groups -OCH3 is 1. The number of carbonyl (C=O) groups excluding carboxylic acids is 2. The van der Waals surface area contributed by atoms with Crippen molar-refractivity contribution in [1.82, 2.24) is 10.2 Å². The Hall–Kier alpha value is -2.44. The van der Waals surface area contributed by atoms with E-state index in [-0.39, 0.29) is 24.8 Å². The van der Waals surface area contributed by atoms with Crippen molar-refractivity contribution in [2.24, 2.45) is 5.92 Å². The predicted octanol–water partition coefficient (Wildman–Crippen LogP) is 5.74. The minimum Gasteiger partial charge on any atom is -0.497 e. The van der Waals surface area contributed by atoms with Gasteiger partial charge in [-0.3, -0.25) is 9.59 Å². The molecule has 0 aromatic heterocycles. The maximum Gasteiger partial charge on any atom is 0.242 e. The minimum absolute atomic E-state index is 0.152. The molecule has 2 aromatic carbocycles. The average Bonchev–Trinajstić information content (AvgIpc) is 2.82. The molecular formula is C26H34Cl2N2O4. The van der Waals surface area contributed by atoms with Crippen molar-refractivity contribution in [2.75, 3.05) is 20.3 Å². The van der Waals surface area contributed by atoms with E-state index in [1.54, 1.807) is 30.2 Å². The van der Waals surface area contributed by atoms with Crippen LogP contribution in [0, 0.1) is 5.92 Å². The van der Waals surface area contributed by atoms with Crippen molar-refractivity contribution in [3.8, 4) is 11.5 Å². The quantitative estimate of drug-likeness (QED) is 0.350. The summed E-state index contributed by atoms with van der Waals surface area (Å²) in [6.07, 6.45) is 1.20. The summed E-state index contributed by atoms with van der Waals surface area (Å²) in [5, 5.41) is 3.87. The minimum atomic E-state index is -0.624. The van der Waals surface area contributed by atoms with Gasteiger partial charge in [-0.15, -0.1) is 0 Å². The fourth-order valence-corrected chi connectivity index (χ4v) is 3.94. The van der Waals surface area contributed by atoms with Crippen LogP contribution in [0.2, 0.25) is 10.0 Å². The first-order valence-electron chi connectivity index (χ1n) is 11.5. The van der Waals surface area contributed by atoms with Gasteiger partial charge in [0.15, 0.2) is 0 Å². The highest BCUT2D eigenvalue weighted by Crippen LogP contribution is 2.27. The topological polar surface area (TPSA) is 67.9 Å². The maximum atomic E-state index is 13.3. The van der Waals surface area contributed by atoms with Crippen molar-refractivity contribution >= 4 is 35.0 Å². The van der Waals surface area contributed by atoms with E-state index in [9.17, 15) is 9.59 Å². The highest BCUT2D eigenvalue weighted by atomic mass is 35.5. The summed E-state index contributed by atoms with van der Waals surface area (Å²) >= 11 is 12.7. The second-order valence-corrected chi connectivity index (χ2v) is 9.23. The van der Waals surface area contributed by atoms with E-state index in [2.05, 4.69) is 5.32 Å². The van der Waals surface area contributed by atoms with Crippen LogP contribution in [0.1, 0.15) is 45.6 Å². The maximum absolute atomic E-state index is 13.3. The number of halogens is 2. The third kappa shape index (κ3) is 8.41. The van der Waals surface area contributed by atoms with E-state index >= 15 is 0 Å². The van der Waals surface area contributed by atoms with Crippen LogP contribution in [0.15, 0.2) is 42.5 Å². The summed E-state index contributed by atoms with van der Waals surface area (Å²) < 4.78 is 10.9. The van der Waals surface area contributed by atoms with Crippen LogP contribution in [0.3, 0.4) is 0 Å². The molecule has 0 aliphatic heterocycles. The zero-order valence-electron chi connectivity index (χ0n) is 20.3. The van der Waals surface area contributed by atoms with Gasteiger partial charge in [-0.05, 0) is 55.2 Å². The molecule has 1 N–H and O–H groups in total. The third-order valence-electron chi connectivity index (χ3n) is 5.32. The highest BCUT2D eigenvalue weighted by Gasteiger charge is 2.29. The number of nitrogens with zero attached hydrogens (tertiary/aromatic N) is 1. The third-order valence-corrected chi connectivity index (χ3v) is 6.03. The Bertz CT molecular complexity index is 915. The Balaban J connectivity index is 2.09. The molecular weight excluding hydrogens is 475 g/mol. The zero-order chi connectivity index (χ0) is 25.1. The number of carbonyl (C=O) groups is 2. The van der Waals surface area contributed by atoms with Gasteiger partial charge in [0.05, 0.1) is 13.7 Å². The predicted molar refractivity (Wildman–Crippen MR) is 137 cm³/mol. The lowest BCUT2D eigenvalue weighted by Crippen LogP contribution is -2.49. The molecule has 0 unspecified atom stereocenters. The first-order valence-corrected chi connectivity index (χ1v) is 12.3. The average molecular weight is 509 g/mol. The molecule has 8 heteroatoms. The number of benzene rings is 2. The molecule has 2 amide bonds. The van der Waals surface area contributed by atoms with Gasteiger partial charge < -0.3 is 19.7 Å². The van der Waals surface area contributed by atoms with Gasteiger partial charge in [-0.1, -0.05) is 50.0 Å². The Labute approximate surface area is 212 Å². The number of hydrogen-bond donors (Lipinski definition) is 1. The Morgan fingerprint density at radius 1 is 1.03 bits per heavy atom. The zero-order valence-corrected chi connectivity index (χ0v) is 21.8. The first-order chi connectivity index (χ1) is 16.3. The SMILES string of the molecule is CC[C@@H](C(=O)NCC(C)C)N(Cc1c(Cl)cccc1Cl)C(=O)CCCOc1ccc(OC)cc1. The van der Waals surface area contributed by atoms with Gasteiger partial charge in [0.2, 0.25) is 11.8 Å². The van der Waals surface area contributed by atoms with Gasteiger partial charge in [0, 0.05) is 35.1 Å². The Kier molecular flexibility index (Phi) is 11.5. The van der Waals surface area contributed by atoms with Crippen LogP contribution < -0.4 is 14.8 Å². The Morgan fingerprint density at radius 2 is 1.65 bits per heavy atom. The molecule has 0 aliphatic rings. The molecule has 0 bridgehead atoms. The van der Waals surface area contributed by atoms with Crippen molar-refractivity contribution in [2.45, 2.75) is 52.6 Å². The van der Waals surface area contributed by atoms with Crippen LogP contribution in [-0.4, -0.2) is 43.0 Å². The van der Waals surface area contributed by atoms with Crippen molar-refractivity contribution in [3.05, 3.63) is 58.1 Å². The second-order valence-electron chi connectivity index (χ2n) is 8.41. The lowest BCUT2D eigenvalue weighted by atomic mass is 10.1. The highest BCUT2D eigenvalue weighted by molar-refractivity contribution is 6.36. The second kappa shape index (κ2) is 14.1. The summed E-state index contributed by atoms with van der Waals surface area (Å²) in [7, 11) is 1.61. The van der Waals surface area contributed by atoms with Gasteiger partial charge >= 0.3 is 0 Å². The summed E-state index contributed by atoms with van der Waals surface area (Å²) in [4.78, 5) is 27.8. The lowest BCUT2D eigenvalue weighted by Gasteiger charge is -2.31. The summed E-state index contributed by atoms with van der Waals surface area (Å²) in [6.45, 7) is 7.01. The van der Waals surface area contributed by atoms with E-state index in [0.29, 0.717) is 53.3 Å². The van der Waals surface area contributed by atoms with E-state index in [4.69, 9.17) is 32.7 Å². The standard InChI is InChI=1S/C26H34Cl2N2O4/c1-5-24(26(32)29-16-18(2)3)30(17-21-22(27)8-6-9-23(21)28)25(31)10-7-15-34-20-13-11-19(33-4)12-14-20/h6,8-9,11-14,18,24H,5,7,10,15-17H2,1-4H3,(H,29,32)/t24-/m0/s1. The molecule has 0 saturated heterocycles.